The van der Waals surface area contributed by atoms with Gasteiger partial charge in [0.25, 0.3) is 0 Å². The number of carboxylic acid groups (broad SMARTS) is 1. The van der Waals surface area contributed by atoms with E-state index in [0.717, 1.165) is 0 Å². The van der Waals surface area contributed by atoms with Gasteiger partial charge in [-0.05, 0) is 25.1 Å². The second kappa shape index (κ2) is 3.67. The lowest BCUT2D eigenvalue weighted by Gasteiger charge is -1.94. The first-order chi connectivity index (χ1) is 5.74. The summed E-state index contributed by atoms with van der Waals surface area (Å²) >= 11 is 0. The number of hydrogen-bond acceptors (Lipinski definition) is 2. The van der Waals surface area contributed by atoms with Crippen molar-refractivity contribution in [2.24, 2.45) is 0 Å². The lowest BCUT2D eigenvalue weighted by Crippen LogP contribution is -2.00. The summed E-state index contributed by atoms with van der Waals surface area (Å²) in [5.41, 5.74) is 0.739. The minimum atomic E-state index is -0.999. The highest BCUT2D eigenvalue weighted by Crippen LogP contribution is 2.01. The topological polar surface area (TPSA) is 50.2 Å². The first-order valence-corrected chi connectivity index (χ1v) is 3.57. The third kappa shape index (κ3) is 1.92. The SMILES string of the molecule is C/C=C/c1cccc(C(=O)O)n1. The maximum absolute atomic E-state index is 10.5. The molecule has 12 heavy (non-hydrogen) atoms. The van der Waals surface area contributed by atoms with Gasteiger partial charge in [-0.3, -0.25) is 0 Å². The Hall–Kier alpha value is -1.64. The molecule has 0 aliphatic rings. The number of hydrogen-bond donors (Lipinski definition) is 1. The molecule has 0 amide bonds. The summed E-state index contributed by atoms with van der Waals surface area (Å²) in [7, 11) is 0. The number of rotatable bonds is 2. The van der Waals surface area contributed by atoms with Crippen molar-refractivity contribution < 1.29 is 9.90 Å². The molecule has 0 unspecified atom stereocenters. The third-order valence-electron chi connectivity index (χ3n) is 1.33. The second-order valence-electron chi connectivity index (χ2n) is 2.25. The molecule has 1 heterocycles. The Balaban J connectivity index is 3.03. The molecular weight excluding hydrogens is 154 g/mol. The average Bonchev–Trinajstić information content (AvgIpc) is 2.05. The molecule has 1 rings (SSSR count). The molecule has 0 bridgehead atoms. The summed E-state index contributed by atoms with van der Waals surface area (Å²) in [6.45, 7) is 1.86. The Morgan fingerprint density at radius 2 is 2.33 bits per heavy atom. The first-order valence-electron chi connectivity index (χ1n) is 3.57. The van der Waals surface area contributed by atoms with E-state index in [1.165, 1.54) is 6.07 Å². The van der Waals surface area contributed by atoms with Gasteiger partial charge in [-0.25, -0.2) is 9.78 Å². The van der Waals surface area contributed by atoms with Crippen molar-refractivity contribution >= 4 is 12.0 Å². The number of carbonyl (C=O) groups is 1. The van der Waals surface area contributed by atoms with Gasteiger partial charge in [-0.1, -0.05) is 12.1 Å². The van der Waals surface area contributed by atoms with E-state index in [0.29, 0.717) is 5.69 Å². The summed E-state index contributed by atoms with van der Waals surface area (Å²) in [5, 5.41) is 8.59. The van der Waals surface area contributed by atoms with Crippen molar-refractivity contribution in [1.29, 1.82) is 0 Å². The fourth-order valence-electron chi connectivity index (χ4n) is 0.834. The predicted molar refractivity (Wildman–Crippen MR) is 45.9 cm³/mol. The molecule has 3 nitrogen and oxygen atoms in total. The van der Waals surface area contributed by atoms with Gasteiger partial charge in [0.05, 0.1) is 5.69 Å². The van der Waals surface area contributed by atoms with E-state index < -0.39 is 5.97 Å². The van der Waals surface area contributed by atoms with Crippen LogP contribution in [0.4, 0.5) is 0 Å². The zero-order chi connectivity index (χ0) is 8.97. The number of nitrogens with zero attached hydrogens (tertiary/aromatic N) is 1. The first kappa shape index (κ1) is 8.46. The van der Waals surface area contributed by atoms with Crippen molar-refractivity contribution in [3.05, 3.63) is 35.7 Å². The van der Waals surface area contributed by atoms with Crippen LogP contribution < -0.4 is 0 Å². The van der Waals surface area contributed by atoms with Crippen LogP contribution in [-0.2, 0) is 0 Å². The Morgan fingerprint density at radius 3 is 2.92 bits per heavy atom. The van der Waals surface area contributed by atoms with Crippen LogP contribution in [0.2, 0.25) is 0 Å². The van der Waals surface area contributed by atoms with Crippen LogP contribution in [0.3, 0.4) is 0 Å². The van der Waals surface area contributed by atoms with E-state index in [2.05, 4.69) is 4.98 Å². The maximum atomic E-state index is 10.5. The van der Waals surface area contributed by atoms with Crippen LogP contribution in [0, 0.1) is 0 Å². The fraction of sp³-hybridized carbons (Fsp3) is 0.111. The van der Waals surface area contributed by atoms with Crippen molar-refractivity contribution in [3.63, 3.8) is 0 Å². The van der Waals surface area contributed by atoms with Crippen LogP contribution in [0.15, 0.2) is 24.3 Å². The van der Waals surface area contributed by atoms with Gasteiger partial charge in [-0.2, -0.15) is 0 Å². The highest BCUT2D eigenvalue weighted by atomic mass is 16.4. The van der Waals surface area contributed by atoms with Crippen LogP contribution >= 0.6 is 0 Å². The Morgan fingerprint density at radius 1 is 1.58 bits per heavy atom. The molecule has 0 saturated heterocycles. The molecule has 0 atom stereocenters. The van der Waals surface area contributed by atoms with E-state index >= 15 is 0 Å². The van der Waals surface area contributed by atoms with Crippen molar-refractivity contribution in [1.82, 2.24) is 4.98 Å². The minimum absolute atomic E-state index is 0.0746. The molecule has 0 saturated carbocycles. The van der Waals surface area contributed by atoms with E-state index in [1.807, 2.05) is 13.0 Å². The zero-order valence-electron chi connectivity index (χ0n) is 6.69. The number of carboxylic acids is 1. The predicted octanol–water partition coefficient (Wildman–Crippen LogP) is 1.81. The van der Waals surface area contributed by atoms with Gasteiger partial charge in [-0.15, -0.1) is 0 Å². The quantitative estimate of drug-likeness (QED) is 0.723. The Labute approximate surface area is 70.4 Å². The number of aromatic carboxylic acids is 1. The standard InChI is InChI=1S/C9H9NO2/c1-2-4-7-5-3-6-8(10-7)9(11)12/h2-6H,1H3,(H,11,12)/b4-2+. The fourth-order valence-corrected chi connectivity index (χ4v) is 0.834. The van der Waals surface area contributed by atoms with Gasteiger partial charge in [0.1, 0.15) is 5.69 Å². The van der Waals surface area contributed by atoms with E-state index in [4.69, 9.17) is 5.11 Å². The van der Waals surface area contributed by atoms with Crippen molar-refractivity contribution in [2.45, 2.75) is 6.92 Å². The monoisotopic (exact) mass is 163 g/mol. The van der Waals surface area contributed by atoms with Gasteiger partial charge in [0, 0.05) is 0 Å². The largest absolute Gasteiger partial charge is 0.477 e. The smallest absolute Gasteiger partial charge is 0.354 e. The Bertz CT molecular complexity index is 318. The lowest BCUT2D eigenvalue weighted by molar-refractivity contribution is 0.0690. The summed E-state index contributed by atoms with van der Waals surface area (Å²) in [4.78, 5) is 14.3. The van der Waals surface area contributed by atoms with Gasteiger partial charge in [0.15, 0.2) is 0 Å². The molecular formula is C9H9NO2. The highest BCUT2D eigenvalue weighted by Gasteiger charge is 2.02. The summed E-state index contributed by atoms with van der Waals surface area (Å²) in [6.07, 6.45) is 3.57. The molecule has 62 valence electrons. The molecule has 1 aromatic rings. The summed E-state index contributed by atoms with van der Waals surface area (Å²) < 4.78 is 0. The average molecular weight is 163 g/mol. The van der Waals surface area contributed by atoms with Gasteiger partial charge >= 0.3 is 5.97 Å². The molecule has 0 aliphatic heterocycles. The van der Waals surface area contributed by atoms with E-state index in [-0.39, 0.29) is 5.69 Å². The molecule has 0 radical (unpaired) electrons. The maximum Gasteiger partial charge on any atom is 0.354 e. The van der Waals surface area contributed by atoms with E-state index in [9.17, 15) is 4.79 Å². The minimum Gasteiger partial charge on any atom is -0.477 e. The van der Waals surface area contributed by atoms with Crippen LogP contribution in [0.1, 0.15) is 23.1 Å². The number of aromatic nitrogens is 1. The van der Waals surface area contributed by atoms with E-state index in [1.54, 1.807) is 18.2 Å². The van der Waals surface area contributed by atoms with Crippen LogP contribution in [0.5, 0.6) is 0 Å². The van der Waals surface area contributed by atoms with Gasteiger partial charge in [0.2, 0.25) is 0 Å². The number of allylic oxidation sites excluding steroid dienone is 1. The summed E-state index contributed by atoms with van der Waals surface area (Å²) in [6, 6.07) is 4.90. The highest BCUT2D eigenvalue weighted by molar-refractivity contribution is 5.85. The molecule has 3 heteroatoms. The third-order valence-corrected chi connectivity index (χ3v) is 1.33. The molecule has 0 fully saturated rings. The van der Waals surface area contributed by atoms with Crippen LogP contribution in [-0.4, -0.2) is 16.1 Å². The number of pyridine rings is 1. The van der Waals surface area contributed by atoms with Gasteiger partial charge < -0.3 is 5.11 Å². The lowest BCUT2D eigenvalue weighted by atomic mass is 10.3. The van der Waals surface area contributed by atoms with Crippen molar-refractivity contribution in [3.8, 4) is 0 Å². The molecule has 0 spiro atoms. The molecule has 0 aliphatic carbocycles. The molecule has 0 aromatic carbocycles. The second-order valence-corrected chi connectivity index (χ2v) is 2.25. The summed E-state index contributed by atoms with van der Waals surface area (Å²) in [5.74, 6) is -0.999. The van der Waals surface area contributed by atoms with Crippen LogP contribution in [0.25, 0.3) is 6.08 Å². The zero-order valence-corrected chi connectivity index (χ0v) is 6.69. The molecule has 1 aromatic heterocycles. The normalized spacial score (nSPS) is 10.4. The van der Waals surface area contributed by atoms with Crippen molar-refractivity contribution in [2.75, 3.05) is 0 Å². The Kier molecular flexibility index (Phi) is 2.58. The molecule has 1 N–H and O–H groups in total.